The Labute approximate surface area is 164 Å². The molecule has 158 valence electrons. The lowest BCUT2D eigenvalue weighted by atomic mass is 10.1. The molecule has 0 spiro atoms. The summed E-state index contributed by atoms with van der Waals surface area (Å²) in [7, 11) is 0. The van der Waals surface area contributed by atoms with Gasteiger partial charge >= 0.3 is 11.9 Å². The minimum absolute atomic E-state index is 0.0526. The van der Waals surface area contributed by atoms with Crippen molar-refractivity contribution in [3.05, 3.63) is 39.5 Å². The third-order valence-corrected chi connectivity index (χ3v) is 5.12. The van der Waals surface area contributed by atoms with E-state index in [1.165, 1.54) is 16.5 Å². The van der Waals surface area contributed by atoms with Crippen LogP contribution in [-0.4, -0.2) is 48.4 Å². The van der Waals surface area contributed by atoms with Gasteiger partial charge in [0.05, 0.1) is 17.5 Å². The monoisotopic (exact) mass is 414 g/mol. The van der Waals surface area contributed by atoms with Gasteiger partial charge in [0.15, 0.2) is 0 Å². The second kappa shape index (κ2) is 7.84. The molecule has 29 heavy (non-hydrogen) atoms. The summed E-state index contributed by atoms with van der Waals surface area (Å²) in [6.45, 7) is 3.85. The highest BCUT2D eigenvalue weighted by atomic mass is 19.4. The summed E-state index contributed by atoms with van der Waals surface area (Å²) in [5, 5.41) is 19.0. The average molecular weight is 414 g/mol. The number of likely N-dealkylation sites (tertiary alicyclic amines) is 1. The highest BCUT2D eigenvalue weighted by molar-refractivity contribution is 5.76. The normalized spacial score (nSPS) is 17.6. The van der Waals surface area contributed by atoms with Crippen molar-refractivity contribution in [1.82, 2.24) is 24.5 Å². The van der Waals surface area contributed by atoms with E-state index < -0.39 is 22.8 Å². The molecule has 1 amide bonds. The van der Waals surface area contributed by atoms with E-state index in [9.17, 15) is 28.1 Å². The summed E-state index contributed by atoms with van der Waals surface area (Å²) in [5.74, 6) is -0.231. The molecule has 0 radical (unpaired) electrons. The summed E-state index contributed by atoms with van der Waals surface area (Å²) in [5.41, 5.74) is -0.264. The second-order valence-corrected chi connectivity index (χ2v) is 7.04. The fraction of sp³-hybridized carbons (Fsp3) is 0.588. The third kappa shape index (κ3) is 4.25. The highest BCUT2D eigenvalue weighted by Gasteiger charge is 2.37. The molecule has 0 unspecified atom stereocenters. The molecular weight excluding hydrogens is 393 g/mol. The van der Waals surface area contributed by atoms with Crippen LogP contribution in [-0.2, 0) is 17.5 Å². The van der Waals surface area contributed by atoms with E-state index in [-0.39, 0.29) is 36.8 Å². The van der Waals surface area contributed by atoms with Crippen LogP contribution in [0.1, 0.15) is 42.4 Å². The van der Waals surface area contributed by atoms with Crippen LogP contribution >= 0.6 is 0 Å². The van der Waals surface area contributed by atoms with Gasteiger partial charge in [0, 0.05) is 25.7 Å². The van der Waals surface area contributed by atoms with Gasteiger partial charge in [-0.05, 0) is 32.8 Å². The predicted octanol–water partition coefficient (Wildman–Crippen LogP) is 2.88. The number of alkyl halides is 3. The molecule has 1 fully saturated rings. The summed E-state index contributed by atoms with van der Waals surface area (Å²) in [6.07, 6.45) is -2.28. The minimum atomic E-state index is -4.51. The zero-order valence-corrected chi connectivity index (χ0v) is 16.0. The summed E-state index contributed by atoms with van der Waals surface area (Å²) in [6, 6.07) is 0.380. The van der Waals surface area contributed by atoms with Gasteiger partial charge < -0.3 is 4.90 Å². The van der Waals surface area contributed by atoms with Crippen molar-refractivity contribution in [2.24, 2.45) is 0 Å². The Hall–Kier alpha value is -2.92. The van der Waals surface area contributed by atoms with Gasteiger partial charge in [-0.3, -0.25) is 24.3 Å². The Morgan fingerprint density at radius 2 is 2.10 bits per heavy atom. The maximum Gasteiger partial charge on any atom is 0.433 e. The lowest BCUT2D eigenvalue weighted by molar-refractivity contribution is -0.386. The molecule has 1 saturated heterocycles. The quantitative estimate of drug-likeness (QED) is 0.553. The van der Waals surface area contributed by atoms with E-state index in [0.717, 1.165) is 16.9 Å². The maximum atomic E-state index is 13.1. The van der Waals surface area contributed by atoms with Crippen LogP contribution in [0.5, 0.6) is 0 Å². The van der Waals surface area contributed by atoms with Crippen molar-refractivity contribution in [3.8, 4) is 0 Å². The van der Waals surface area contributed by atoms with Crippen molar-refractivity contribution in [1.29, 1.82) is 0 Å². The van der Waals surface area contributed by atoms with E-state index in [2.05, 4.69) is 10.2 Å². The smallest absolute Gasteiger partial charge is 0.340 e. The molecule has 1 aliphatic rings. The molecule has 3 rings (SSSR count). The summed E-state index contributed by atoms with van der Waals surface area (Å²) >= 11 is 0. The van der Waals surface area contributed by atoms with Crippen LogP contribution in [0.25, 0.3) is 0 Å². The Bertz CT molecular complexity index is 920. The largest absolute Gasteiger partial charge is 0.433 e. The highest BCUT2D eigenvalue weighted by Crippen LogP contribution is 2.33. The van der Waals surface area contributed by atoms with Crippen LogP contribution in [0.15, 0.2) is 12.3 Å². The standard InChI is InChI=1S/C17H21F3N6O3/c1-11-16(26(28)29)12(2)24(22-11)9-6-15(27)23-8-3-4-13(10-23)25-14(5-7-21-25)17(18,19)20/h5,7,13H,3-4,6,8-10H2,1-2H3/t13-/m1/s1. The molecule has 2 aromatic rings. The average Bonchev–Trinajstić information content (AvgIpc) is 3.24. The van der Waals surface area contributed by atoms with Gasteiger partial charge in [-0.1, -0.05) is 0 Å². The Balaban J connectivity index is 1.66. The third-order valence-electron chi connectivity index (χ3n) is 5.12. The van der Waals surface area contributed by atoms with Gasteiger partial charge in [0.25, 0.3) is 0 Å². The predicted molar refractivity (Wildman–Crippen MR) is 95.1 cm³/mol. The first-order valence-electron chi connectivity index (χ1n) is 9.16. The molecule has 1 aliphatic heterocycles. The number of rotatable bonds is 5. The molecule has 9 nitrogen and oxygen atoms in total. The lowest BCUT2D eigenvalue weighted by Crippen LogP contribution is -2.42. The number of aryl methyl sites for hydroxylation is 2. The van der Waals surface area contributed by atoms with Gasteiger partial charge in [-0.2, -0.15) is 23.4 Å². The topological polar surface area (TPSA) is 99.1 Å². The van der Waals surface area contributed by atoms with Crippen LogP contribution < -0.4 is 0 Å². The van der Waals surface area contributed by atoms with Crippen LogP contribution in [0.3, 0.4) is 0 Å². The summed E-state index contributed by atoms with van der Waals surface area (Å²) in [4.78, 5) is 24.7. The molecule has 0 bridgehead atoms. The molecule has 0 N–H and O–H groups in total. The number of carbonyl (C=O) groups is 1. The van der Waals surface area contributed by atoms with E-state index in [1.54, 1.807) is 6.92 Å². The number of carbonyl (C=O) groups excluding carboxylic acids is 1. The van der Waals surface area contributed by atoms with Gasteiger partial charge in [-0.25, -0.2) is 0 Å². The fourth-order valence-electron chi connectivity index (χ4n) is 3.74. The Morgan fingerprint density at radius 3 is 2.72 bits per heavy atom. The molecule has 0 aliphatic carbocycles. The minimum Gasteiger partial charge on any atom is -0.340 e. The number of piperidine rings is 1. The number of halogens is 3. The van der Waals surface area contributed by atoms with Crippen molar-refractivity contribution < 1.29 is 22.9 Å². The van der Waals surface area contributed by atoms with Crippen LogP contribution in [0.4, 0.5) is 18.9 Å². The molecule has 2 aromatic heterocycles. The number of nitro groups is 1. The molecular formula is C17H21F3N6O3. The Morgan fingerprint density at radius 1 is 1.38 bits per heavy atom. The molecule has 0 aromatic carbocycles. The molecule has 3 heterocycles. The number of nitrogens with zero attached hydrogens (tertiary/aromatic N) is 6. The van der Waals surface area contributed by atoms with Gasteiger partial charge in [0.1, 0.15) is 17.1 Å². The maximum absolute atomic E-state index is 13.1. The lowest BCUT2D eigenvalue weighted by Gasteiger charge is -2.33. The summed E-state index contributed by atoms with van der Waals surface area (Å²) < 4.78 is 41.8. The van der Waals surface area contributed by atoms with Gasteiger partial charge in [0.2, 0.25) is 5.91 Å². The molecule has 0 saturated carbocycles. The van der Waals surface area contributed by atoms with Crippen LogP contribution in [0, 0.1) is 24.0 Å². The number of amides is 1. The van der Waals surface area contributed by atoms with Gasteiger partial charge in [-0.15, -0.1) is 0 Å². The van der Waals surface area contributed by atoms with E-state index in [0.29, 0.717) is 25.1 Å². The first-order chi connectivity index (χ1) is 13.6. The SMILES string of the molecule is Cc1nn(CCC(=O)N2CCC[C@@H](n3nccc3C(F)(F)F)C2)c(C)c1[N+](=O)[O-]. The zero-order chi connectivity index (χ0) is 21.3. The van der Waals surface area contributed by atoms with Crippen molar-refractivity contribution in [2.75, 3.05) is 13.1 Å². The first-order valence-corrected chi connectivity index (χ1v) is 9.16. The van der Waals surface area contributed by atoms with E-state index in [4.69, 9.17) is 0 Å². The van der Waals surface area contributed by atoms with E-state index >= 15 is 0 Å². The first kappa shape index (κ1) is 20.8. The number of hydrogen-bond acceptors (Lipinski definition) is 5. The number of hydrogen-bond donors (Lipinski definition) is 0. The van der Waals surface area contributed by atoms with Crippen molar-refractivity contribution >= 4 is 11.6 Å². The van der Waals surface area contributed by atoms with E-state index in [1.807, 2.05) is 0 Å². The number of aromatic nitrogens is 4. The van der Waals surface area contributed by atoms with Crippen molar-refractivity contribution in [3.63, 3.8) is 0 Å². The fourth-order valence-corrected chi connectivity index (χ4v) is 3.74. The zero-order valence-electron chi connectivity index (χ0n) is 16.0. The molecule has 12 heteroatoms. The van der Waals surface area contributed by atoms with Crippen LogP contribution in [0.2, 0.25) is 0 Å². The molecule has 1 atom stereocenters. The van der Waals surface area contributed by atoms with Crippen molar-refractivity contribution in [2.45, 2.75) is 51.9 Å². The Kier molecular flexibility index (Phi) is 5.62. The second-order valence-electron chi connectivity index (χ2n) is 7.04.